The molecule has 1 aromatic rings. The first kappa shape index (κ1) is 13.4. The Balaban J connectivity index is 2.60. The van der Waals surface area contributed by atoms with E-state index in [-0.39, 0.29) is 11.6 Å². The Labute approximate surface area is 100 Å². The summed E-state index contributed by atoms with van der Waals surface area (Å²) in [6.07, 6.45) is 1.73. The number of aromatic nitrogens is 1. The molecule has 0 bridgehead atoms. The average molecular weight is 255 g/mol. The van der Waals surface area contributed by atoms with Crippen molar-refractivity contribution in [1.82, 2.24) is 4.98 Å². The molecule has 6 nitrogen and oxygen atoms in total. The molecule has 0 fully saturated rings. The summed E-state index contributed by atoms with van der Waals surface area (Å²) in [6, 6.07) is 4.85. The number of hydrogen-bond acceptors (Lipinski definition) is 5. The molecule has 0 aliphatic heterocycles. The lowest BCUT2D eigenvalue weighted by atomic mass is 10.3. The fraction of sp³-hybridized carbons (Fsp3) is 0.400. The highest BCUT2D eigenvalue weighted by atomic mass is 32.2. The molecule has 0 unspecified atom stereocenters. The first-order chi connectivity index (χ1) is 8.07. The van der Waals surface area contributed by atoms with Gasteiger partial charge in [-0.2, -0.15) is 5.26 Å². The van der Waals surface area contributed by atoms with Crippen molar-refractivity contribution in [1.29, 1.82) is 5.26 Å². The molecule has 0 spiro atoms. The van der Waals surface area contributed by atoms with Crippen LogP contribution in [-0.4, -0.2) is 32.9 Å². The van der Waals surface area contributed by atoms with Gasteiger partial charge in [0.1, 0.15) is 11.9 Å². The molecule has 0 saturated carbocycles. The van der Waals surface area contributed by atoms with Crippen LogP contribution < -0.4 is 4.72 Å². The summed E-state index contributed by atoms with van der Waals surface area (Å²) in [5, 5.41) is 8.56. The van der Waals surface area contributed by atoms with E-state index in [1.54, 1.807) is 0 Å². The molecule has 1 heterocycles. The van der Waals surface area contributed by atoms with Crippen LogP contribution in [0.3, 0.4) is 0 Å². The number of nitriles is 1. The Morgan fingerprint density at radius 1 is 1.53 bits per heavy atom. The maximum absolute atomic E-state index is 11.6. The lowest BCUT2D eigenvalue weighted by molar-refractivity contribution is 0.199. The van der Waals surface area contributed by atoms with E-state index in [9.17, 15) is 8.42 Å². The van der Waals surface area contributed by atoms with Crippen LogP contribution in [0.1, 0.15) is 12.0 Å². The van der Waals surface area contributed by atoms with E-state index in [0.29, 0.717) is 18.6 Å². The largest absolute Gasteiger partial charge is 0.385 e. The summed E-state index contributed by atoms with van der Waals surface area (Å²) < 4.78 is 30.2. The maximum atomic E-state index is 11.6. The van der Waals surface area contributed by atoms with Crippen molar-refractivity contribution in [2.75, 3.05) is 24.2 Å². The monoisotopic (exact) mass is 255 g/mol. The van der Waals surface area contributed by atoms with Gasteiger partial charge in [0.2, 0.25) is 10.0 Å². The van der Waals surface area contributed by atoms with Crippen LogP contribution in [0.25, 0.3) is 0 Å². The molecule has 0 amide bonds. The number of rotatable bonds is 6. The standard InChI is InChI=1S/C10H13N3O3S/c1-16-5-2-6-17(14,15)13-10-4-3-9(7-11)8-12-10/h3-4,8H,2,5-6H2,1H3,(H,12,13). The van der Waals surface area contributed by atoms with Gasteiger partial charge in [0.15, 0.2) is 0 Å². The smallest absolute Gasteiger partial charge is 0.233 e. The van der Waals surface area contributed by atoms with Gasteiger partial charge in [-0.25, -0.2) is 13.4 Å². The second-order valence-electron chi connectivity index (χ2n) is 3.31. The van der Waals surface area contributed by atoms with Crippen molar-refractivity contribution in [2.24, 2.45) is 0 Å². The summed E-state index contributed by atoms with van der Waals surface area (Å²) in [5.74, 6) is 0.184. The van der Waals surface area contributed by atoms with Crippen molar-refractivity contribution >= 4 is 15.8 Å². The van der Waals surface area contributed by atoms with Crippen molar-refractivity contribution in [3.63, 3.8) is 0 Å². The lowest BCUT2D eigenvalue weighted by Crippen LogP contribution is -2.18. The fourth-order valence-corrected chi connectivity index (χ4v) is 2.16. The molecular formula is C10H13N3O3S. The van der Waals surface area contributed by atoms with E-state index < -0.39 is 10.0 Å². The summed E-state index contributed by atoms with van der Waals surface area (Å²) in [5.41, 5.74) is 0.382. The minimum absolute atomic E-state index is 0.0253. The van der Waals surface area contributed by atoms with E-state index in [4.69, 9.17) is 10.00 Å². The molecule has 92 valence electrons. The van der Waals surface area contributed by atoms with Gasteiger partial charge in [0.25, 0.3) is 0 Å². The first-order valence-electron chi connectivity index (χ1n) is 4.93. The number of sulfonamides is 1. The molecule has 0 saturated heterocycles. The fourth-order valence-electron chi connectivity index (χ4n) is 1.12. The number of ether oxygens (including phenoxy) is 1. The van der Waals surface area contributed by atoms with Crippen LogP contribution in [0.2, 0.25) is 0 Å². The van der Waals surface area contributed by atoms with Gasteiger partial charge in [-0.15, -0.1) is 0 Å². The second-order valence-corrected chi connectivity index (χ2v) is 5.15. The van der Waals surface area contributed by atoms with E-state index in [1.165, 1.54) is 25.4 Å². The third-order valence-electron chi connectivity index (χ3n) is 1.91. The first-order valence-corrected chi connectivity index (χ1v) is 6.58. The average Bonchev–Trinajstić information content (AvgIpc) is 2.30. The molecular weight excluding hydrogens is 242 g/mol. The number of pyridine rings is 1. The third kappa shape index (κ3) is 4.80. The summed E-state index contributed by atoms with van der Waals surface area (Å²) in [7, 11) is -1.89. The van der Waals surface area contributed by atoms with E-state index in [1.807, 2.05) is 6.07 Å². The zero-order chi connectivity index (χ0) is 12.7. The second kappa shape index (κ2) is 6.18. The number of hydrogen-bond donors (Lipinski definition) is 1. The zero-order valence-corrected chi connectivity index (χ0v) is 10.2. The SMILES string of the molecule is COCCCS(=O)(=O)Nc1ccc(C#N)cn1. The number of nitrogens with zero attached hydrogens (tertiary/aromatic N) is 2. The minimum Gasteiger partial charge on any atom is -0.385 e. The van der Waals surface area contributed by atoms with Gasteiger partial charge in [-0.1, -0.05) is 0 Å². The Morgan fingerprint density at radius 2 is 2.29 bits per heavy atom. The highest BCUT2D eigenvalue weighted by molar-refractivity contribution is 7.92. The normalized spacial score (nSPS) is 10.8. The topological polar surface area (TPSA) is 92.1 Å². The Morgan fingerprint density at radius 3 is 2.82 bits per heavy atom. The van der Waals surface area contributed by atoms with Crippen molar-refractivity contribution in [2.45, 2.75) is 6.42 Å². The maximum Gasteiger partial charge on any atom is 0.233 e. The number of nitrogens with one attached hydrogen (secondary N) is 1. The van der Waals surface area contributed by atoms with Crippen LogP contribution in [0, 0.1) is 11.3 Å². The number of anilines is 1. The van der Waals surface area contributed by atoms with Crippen LogP contribution in [0.15, 0.2) is 18.3 Å². The van der Waals surface area contributed by atoms with Gasteiger partial charge >= 0.3 is 0 Å². The molecule has 0 aliphatic carbocycles. The Hall–Kier alpha value is -1.65. The molecule has 0 aromatic carbocycles. The van der Waals surface area contributed by atoms with Gasteiger partial charge in [-0.3, -0.25) is 4.72 Å². The number of methoxy groups -OCH3 is 1. The van der Waals surface area contributed by atoms with Crippen LogP contribution in [0.4, 0.5) is 5.82 Å². The molecule has 1 N–H and O–H groups in total. The molecule has 7 heteroatoms. The zero-order valence-electron chi connectivity index (χ0n) is 9.38. The molecule has 0 atom stereocenters. The molecule has 0 radical (unpaired) electrons. The highest BCUT2D eigenvalue weighted by Crippen LogP contribution is 2.07. The predicted molar refractivity (Wildman–Crippen MR) is 62.9 cm³/mol. The van der Waals surface area contributed by atoms with E-state index in [2.05, 4.69) is 9.71 Å². The van der Waals surface area contributed by atoms with Crippen LogP contribution in [-0.2, 0) is 14.8 Å². The Bertz CT molecular complexity index is 491. The minimum atomic E-state index is -3.40. The molecule has 17 heavy (non-hydrogen) atoms. The molecule has 1 rings (SSSR count). The van der Waals surface area contributed by atoms with Crippen LogP contribution >= 0.6 is 0 Å². The summed E-state index contributed by atoms with van der Waals surface area (Å²) in [6.45, 7) is 0.391. The van der Waals surface area contributed by atoms with Gasteiger partial charge < -0.3 is 4.74 Å². The van der Waals surface area contributed by atoms with Gasteiger partial charge in [0.05, 0.1) is 11.3 Å². The summed E-state index contributed by atoms with van der Waals surface area (Å²) >= 11 is 0. The van der Waals surface area contributed by atoms with Crippen molar-refractivity contribution in [3.8, 4) is 6.07 Å². The van der Waals surface area contributed by atoms with Gasteiger partial charge in [-0.05, 0) is 18.6 Å². The quantitative estimate of drug-likeness (QED) is 0.756. The Kier molecular flexibility index (Phi) is 4.87. The van der Waals surface area contributed by atoms with Crippen molar-refractivity contribution in [3.05, 3.63) is 23.9 Å². The highest BCUT2D eigenvalue weighted by Gasteiger charge is 2.10. The van der Waals surface area contributed by atoms with Crippen LogP contribution in [0.5, 0.6) is 0 Å². The van der Waals surface area contributed by atoms with Crippen molar-refractivity contribution < 1.29 is 13.2 Å². The molecule has 1 aromatic heterocycles. The van der Waals surface area contributed by atoms with E-state index in [0.717, 1.165) is 0 Å². The van der Waals surface area contributed by atoms with Gasteiger partial charge in [0, 0.05) is 19.9 Å². The predicted octanol–water partition coefficient (Wildman–Crippen LogP) is 0.731. The summed E-state index contributed by atoms with van der Waals surface area (Å²) in [4.78, 5) is 3.82. The van der Waals surface area contributed by atoms with E-state index >= 15 is 0 Å². The lowest BCUT2D eigenvalue weighted by Gasteiger charge is -2.06. The molecule has 0 aliphatic rings. The third-order valence-corrected chi connectivity index (χ3v) is 3.26.